The summed E-state index contributed by atoms with van der Waals surface area (Å²) in [6.45, 7) is 17.3. The van der Waals surface area contributed by atoms with Crippen molar-refractivity contribution in [3.8, 4) is 0 Å². The van der Waals surface area contributed by atoms with Crippen LogP contribution in [0.1, 0.15) is 54.4 Å². The molecular weight excluding hydrogens is 244 g/mol. The lowest BCUT2D eigenvalue weighted by molar-refractivity contribution is 0.325. The molecule has 1 aliphatic rings. The predicted octanol–water partition coefficient (Wildman–Crippen LogP) is 4.72. The van der Waals surface area contributed by atoms with Crippen LogP contribution in [-0.2, 0) is 0 Å². The highest BCUT2D eigenvalue weighted by Crippen LogP contribution is 2.31. The van der Waals surface area contributed by atoms with E-state index in [0.29, 0.717) is 12.0 Å². The maximum Gasteiger partial charge on any atom is 0.0647 e. The molecule has 0 bridgehead atoms. The van der Waals surface area contributed by atoms with Gasteiger partial charge in [0.15, 0.2) is 0 Å². The van der Waals surface area contributed by atoms with E-state index in [2.05, 4.69) is 65.2 Å². The molecule has 2 atom stereocenters. The molecule has 0 fully saturated rings. The first-order valence-electron chi connectivity index (χ1n) is 7.68. The van der Waals surface area contributed by atoms with Crippen LogP contribution in [0, 0.1) is 5.92 Å². The Morgan fingerprint density at radius 1 is 1.20 bits per heavy atom. The fraction of sp³-hybridized carbons (Fsp3) is 0.556. The average Bonchev–Trinajstić information content (AvgIpc) is 2.46. The summed E-state index contributed by atoms with van der Waals surface area (Å²) in [4.78, 5) is 2.36. The van der Waals surface area contributed by atoms with Crippen molar-refractivity contribution < 1.29 is 0 Å². The van der Waals surface area contributed by atoms with Crippen molar-refractivity contribution in [2.45, 2.75) is 60.4 Å². The molecule has 0 aromatic heterocycles. The van der Waals surface area contributed by atoms with Crippen LogP contribution in [0.4, 0.5) is 0 Å². The molecule has 0 aliphatic carbocycles. The number of nitrogens with two attached hydrogens (primary N) is 1. The van der Waals surface area contributed by atoms with Crippen molar-refractivity contribution >= 4 is 0 Å². The lowest BCUT2D eigenvalue weighted by atomic mass is 9.94. The van der Waals surface area contributed by atoms with E-state index in [-0.39, 0.29) is 0 Å². The van der Waals surface area contributed by atoms with Gasteiger partial charge in [-0.1, -0.05) is 33.4 Å². The fourth-order valence-electron chi connectivity index (χ4n) is 2.42. The van der Waals surface area contributed by atoms with Gasteiger partial charge in [-0.25, -0.2) is 0 Å². The monoisotopic (exact) mass is 274 g/mol. The third-order valence-electron chi connectivity index (χ3n) is 4.54. The number of hydrogen-bond acceptors (Lipinski definition) is 2. The van der Waals surface area contributed by atoms with Gasteiger partial charge < -0.3 is 10.6 Å². The van der Waals surface area contributed by atoms with Gasteiger partial charge in [-0.3, -0.25) is 0 Å². The Morgan fingerprint density at radius 3 is 2.30 bits per heavy atom. The van der Waals surface area contributed by atoms with Gasteiger partial charge in [0, 0.05) is 11.7 Å². The van der Waals surface area contributed by atoms with E-state index in [1.165, 1.54) is 11.3 Å². The van der Waals surface area contributed by atoms with Crippen molar-refractivity contribution in [2.24, 2.45) is 11.7 Å². The topological polar surface area (TPSA) is 29.3 Å². The summed E-state index contributed by atoms with van der Waals surface area (Å²) in [7, 11) is 0. The third-order valence-corrected chi connectivity index (χ3v) is 4.54. The van der Waals surface area contributed by atoms with E-state index < -0.39 is 0 Å². The Labute approximate surface area is 124 Å². The molecule has 0 aromatic carbocycles. The minimum absolute atomic E-state index is 0.419. The summed E-state index contributed by atoms with van der Waals surface area (Å²) in [5.74, 6) is 0.419. The molecule has 1 heterocycles. The van der Waals surface area contributed by atoms with Crippen LogP contribution < -0.4 is 5.73 Å². The Kier molecular flexibility index (Phi) is 5.67. The molecule has 112 valence electrons. The van der Waals surface area contributed by atoms with Gasteiger partial charge in [-0.15, -0.1) is 0 Å². The zero-order valence-corrected chi connectivity index (χ0v) is 14.0. The first kappa shape index (κ1) is 16.6. The van der Waals surface area contributed by atoms with Gasteiger partial charge in [0.2, 0.25) is 0 Å². The first-order chi connectivity index (χ1) is 9.34. The van der Waals surface area contributed by atoms with Crippen LogP contribution in [-0.4, -0.2) is 10.9 Å². The summed E-state index contributed by atoms with van der Waals surface area (Å²) in [6.07, 6.45) is 6.44. The lowest BCUT2D eigenvalue weighted by Gasteiger charge is -2.37. The van der Waals surface area contributed by atoms with Crippen molar-refractivity contribution in [2.75, 3.05) is 0 Å². The van der Waals surface area contributed by atoms with Gasteiger partial charge in [-0.2, -0.15) is 0 Å². The maximum absolute atomic E-state index is 6.42. The molecule has 1 aliphatic heterocycles. The largest absolute Gasteiger partial charge is 0.397 e. The molecular formula is C18H30N2. The molecule has 0 amide bonds. The SMILES string of the molecule is C=C(/C(N)=C1/C=CC(C)=C(C)N1C(C)CC)C(C)CC. The van der Waals surface area contributed by atoms with E-state index in [1.807, 2.05) is 0 Å². The van der Waals surface area contributed by atoms with Gasteiger partial charge >= 0.3 is 0 Å². The number of rotatable bonds is 5. The molecule has 0 aromatic rings. The molecule has 2 heteroatoms. The van der Waals surface area contributed by atoms with Gasteiger partial charge in [0.1, 0.15) is 0 Å². The summed E-state index contributed by atoms with van der Waals surface area (Å²) >= 11 is 0. The molecule has 2 unspecified atom stereocenters. The zero-order chi connectivity index (χ0) is 15.4. The number of hydrogen-bond donors (Lipinski definition) is 1. The molecule has 1 rings (SSSR count). The minimum atomic E-state index is 0.419. The lowest BCUT2D eigenvalue weighted by Crippen LogP contribution is -2.34. The normalized spacial score (nSPS) is 21.0. The van der Waals surface area contributed by atoms with Crippen LogP contribution in [0.2, 0.25) is 0 Å². The highest BCUT2D eigenvalue weighted by Gasteiger charge is 2.23. The molecule has 0 saturated heterocycles. The van der Waals surface area contributed by atoms with Crippen LogP contribution >= 0.6 is 0 Å². The van der Waals surface area contributed by atoms with Crippen molar-refractivity contribution in [3.05, 3.63) is 47.0 Å². The van der Waals surface area contributed by atoms with Crippen molar-refractivity contribution in [1.82, 2.24) is 4.90 Å². The van der Waals surface area contributed by atoms with E-state index in [0.717, 1.165) is 29.8 Å². The predicted molar refractivity (Wildman–Crippen MR) is 88.9 cm³/mol. The second-order valence-corrected chi connectivity index (χ2v) is 5.86. The average molecular weight is 274 g/mol. The Bertz CT molecular complexity index is 466. The minimum Gasteiger partial charge on any atom is -0.397 e. The number of allylic oxidation sites excluding steroid dienone is 5. The molecule has 0 radical (unpaired) electrons. The van der Waals surface area contributed by atoms with Crippen LogP contribution in [0.3, 0.4) is 0 Å². The fourth-order valence-corrected chi connectivity index (χ4v) is 2.42. The molecule has 2 nitrogen and oxygen atoms in total. The zero-order valence-electron chi connectivity index (χ0n) is 14.0. The smallest absolute Gasteiger partial charge is 0.0647 e. The molecule has 0 saturated carbocycles. The third kappa shape index (κ3) is 3.17. The van der Waals surface area contributed by atoms with Crippen LogP contribution in [0.15, 0.2) is 47.0 Å². The molecule has 0 spiro atoms. The van der Waals surface area contributed by atoms with Crippen molar-refractivity contribution in [3.63, 3.8) is 0 Å². The second kappa shape index (κ2) is 6.83. The Morgan fingerprint density at radius 2 is 1.80 bits per heavy atom. The highest BCUT2D eigenvalue weighted by atomic mass is 15.2. The summed E-state index contributed by atoms with van der Waals surface area (Å²) in [5.41, 5.74) is 12.0. The van der Waals surface area contributed by atoms with Gasteiger partial charge in [0.25, 0.3) is 0 Å². The Hall–Kier alpha value is -1.44. The second-order valence-electron chi connectivity index (χ2n) is 5.86. The van der Waals surface area contributed by atoms with Crippen LogP contribution in [0.5, 0.6) is 0 Å². The van der Waals surface area contributed by atoms with E-state index in [1.54, 1.807) is 0 Å². The number of nitrogens with zero attached hydrogens (tertiary/aromatic N) is 1. The van der Waals surface area contributed by atoms with E-state index >= 15 is 0 Å². The van der Waals surface area contributed by atoms with Crippen molar-refractivity contribution in [1.29, 1.82) is 0 Å². The molecule has 2 N–H and O–H groups in total. The quantitative estimate of drug-likeness (QED) is 0.785. The molecule has 20 heavy (non-hydrogen) atoms. The summed E-state index contributed by atoms with van der Waals surface area (Å²) in [6, 6.07) is 0.438. The Balaban J connectivity index is 3.27. The standard InChI is InChI=1S/C18H30N2/c1-8-12(3)15(6)18(19)17-11-10-13(4)16(7)20(17)14(5)9-2/h10-12,14H,6,8-9,19H2,1-5,7H3/b18-17+. The van der Waals surface area contributed by atoms with E-state index in [9.17, 15) is 0 Å². The van der Waals surface area contributed by atoms with Gasteiger partial charge in [-0.05, 0) is 56.8 Å². The van der Waals surface area contributed by atoms with Crippen LogP contribution in [0.25, 0.3) is 0 Å². The summed E-state index contributed by atoms with van der Waals surface area (Å²) < 4.78 is 0. The summed E-state index contributed by atoms with van der Waals surface area (Å²) in [5, 5.41) is 0. The van der Waals surface area contributed by atoms with E-state index in [4.69, 9.17) is 5.73 Å². The maximum atomic E-state index is 6.42. The highest BCUT2D eigenvalue weighted by molar-refractivity contribution is 5.44. The van der Waals surface area contributed by atoms with Gasteiger partial charge in [0.05, 0.1) is 11.4 Å². The first-order valence-corrected chi connectivity index (χ1v) is 7.68.